The number of benzene rings is 2. The van der Waals surface area contributed by atoms with Crippen LogP contribution in [0.1, 0.15) is 87.3 Å². The van der Waals surface area contributed by atoms with Crippen LogP contribution in [0.5, 0.6) is 5.75 Å². The molecule has 1 aromatic heterocycles. The van der Waals surface area contributed by atoms with Crippen molar-refractivity contribution < 1.29 is 9.53 Å². The van der Waals surface area contributed by atoms with Crippen LogP contribution in [0.25, 0.3) is 11.0 Å². The van der Waals surface area contributed by atoms with Crippen LogP contribution < -0.4 is 10.1 Å². The standard InChI is InChI=1S/C28H39N3O2/c1-3-4-5-6-7-8-9-10-11-14-20-31-26-19-13-12-18-25(26)30-27(31)22-29-28(32)23-16-15-17-24(21-23)33-2/h12-13,15-19,21H,3-11,14,20,22H2,1-2H3,(H,29,32). The zero-order valence-corrected chi connectivity index (χ0v) is 20.3. The summed E-state index contributed by atoms with van der Waals surface area (Å²) in [4.78, 5) is 17.5. The average Bonchev–Trinajstić information content (AvgIpc) is 3.21. The van der Waals surface area contributed by atoms with E-state index in [2.05, 4.69) is 28.9 Å². The molecule has 0 aliphatic carbocycles. The number of nitrogens with one attached hydrogen (secondary N) is 1. The second-order valence-electron chi connectivity index (χ2n) is 8.76. The van der Waals surface area contributed by atoms with Gasteiger partial charge in [-0.1, -0.05) is 82.9 Å². The average molecular weight is 450 g/mol. The molecule has 0 atom stereocenters. The van der Waals surface area contributed by atoms with Crippen molar-refractivity contribution in [1.82, 2.24) is 14.9 Å². The molecule has 0 bridgehead atoms. The zero-order chi connectivity index (χ0) is 23.3. The number of hydrogen-bond acceptors (Lipinski definition) is 3. The van der Waals surface area contributed by atoms with Gasteiger partial charge in [-0.25, -0.2) is 4.98 Å². The van der Waals surface area contributed by atoms with Crippen LogP contribution in [0.2, 0.25) is 0 Å². The maximum absolute atomic E-state index is 12.7. The lowest BCUT2D eigenvalue weighted by molar-refractivity contribution is 0.0949. The fourth-order valence-corrected chi connectivity index (χ4v) is 4.29. The van der Waals surface area contributed by atoms with Gasteiger partial charge < -0.3 is 14.6 Å². The molecule has 1 amide bonds. The number of imidazole rings is 1. The van der Waals surface area contributed by atoms with Crippen molar-refractivity contribution in [3.8, 4) is 5.75 Å². The highest BCUT2D eigenvalue weighted by atomic mass is 16.5. The molecule has 3 rings (SSSR count). The summed E-state index contributed by atoms with van der Waals surface area (Å²) in [6.45, 7) is 3.60. The molecule has 1 heterocycles. The Morgan fingerprint density at radius 2 is 1.61 bits per heavy atom. The number of aromatic nitrogens is 2. The Hall–Kier alpha value is -2.82. The Bertz CT molecular complexity index is 996. The molecule has 0 aliphatic heterocycles. The van der Waals surface area contributed by atoms with Gasteiger partial charge >= 0.3 is 0 Å². The maximum Gasteiger partial charge on any atom is 0.251 e. The van der Waals surface area contributed by atoms with Gasteiger partial charge in [-0.05, 0) is 36.8 Å². The molecular weight excluding hydrogens is 410 g/mol. The van der Waals surface area contributed by atoms with E-state index in [9.17, 15) is 4.79 Å². The van der Waals surface area contributed by atoms with Crippen LogP contribution in [0, 0.1) is 0 Å². The number of rotatable bonds is 15. The lowest BCUT2D eigenvalue weighted by Crippen LogP contribution is -2.24. The third kappa shape index (κ3) is 7.62. The Morgan fingerprint density at radius 1 is 0.909 bits per heavy atom. The Labute approximate surface area is 198 Å². The Balaban J connectivity index is 1.51. The first-order chi connectivity index (χ1) is 16.2. The van der Waals surface area contributed by atoms with Crippen molar-refractivity contribution in [2.75, 3.05) is 7.11 Å². The number of aryl methyl sites for hydroxylation is 1. The van der Waals surface area contributed by atoms with Crippen LogP contribution in [0.4, 0.5) is 0 Å². The van der Waals surface area contributed by atoms with Gasteiger partial charge in [-0.15, -0.1) is 0 Å². The lowest BCUT2D eigenvalue weighted by atomic mass is 10.1. The minimum atomic E-state index is -0.119. The number of unbranched alkanes of at least 4 members (excludes halogenated alkanes) is 9. The van der Waals surface area contributed by atoms with Crippen LogP contribution in [-0.2, 0) is 13.1 Å². The van der Waals surface area contributed by atoms with Crippen LogP contribution in [-0.4, -0.2) is 22.6 Å². The van der Waals surface area contributed by atoms with E-state index in [1.54, 1.807) is 19.2 Å². The van der Waals surface area contributed by atoms with Gasteiger partial charge in [0.25, 0.3) is 5.91 Å². The molecule has 0 saturated heterocycles. The second kappa shape index (κ2) is 13.7. The van der Waals surface area contributed by atoms with E-state index in [1.165, 1.54) is 57.8 Å². The topological polar surface area (TPSA) is 56.2 Å². The zero-order valence-electron chi connectivity index (χ0n) is 20.3. The normalized spacial score (nSPS) is 11.1. The number of ether oxygens (including phenoxy) is 1. The highest BCUT2D eigenvalue weighted by Gasteiger charge is 2.12. The minimum absolute atomic E-state index is 0.119. The van der Waals surface area contributed by atoms with Crippen molar-refractivity contribution in [2.24, 2.45) is 0 Å². The number of carbonyl (C=O) groups is 1. The number of fused-ring (bicyclic) bond motifs is 1. The van der Waals surface area contributed by atoms with E-state index >= 15 is 0 Å². The fourth-order valence-electron chi connectivity index (χ4n) is 4.29. The van der Waals surface area contributed by atoms with Gasteiger partial charge in [0.15, 0.2) is 0 Å². The number of hydrogen-bond donors (Lipinski definition) is 1. The molecule has 1 N–H and O–H groups in total. The van der Waals surface area contributed by atoms with E-state index < -0.39 is 0 Å². The van der Waals surface area contributed by atoms with Gasteiger partial charge in [0.1, 0.15) is 11.6 Å². The van der Waals surface area contributed by atoms with Crippen LogP contribution in [0.3, 0.4) is 0 Å². The van der Waals surface area contributed by atoms with E-state index in [1.807, 2.05) is 24.3 Å². The summed E-state index contributed by atoms with van der Waals surface area (Å²) in [5.74, 6) is 1.46. The molecular formula is C28H39N3O2. The molecule has 0 saturated carbocycles. The van der Waals surface area contributed by atoms with Gasteiger partial charge in [0.2, 0.25) is 0 Å². The van der Waals surface area contributed by atoms with E-state index in [0.29, 0.717) is 17.9 Å². The molecule has 0 fully saturated rings. The summed E-state index contributed by atoms with van der Waals surface area (Å²) in [5, 5.41) is 3.03. The first-order valence-corrected chi connectivity index (χ1v) is 12.6. The van der Waals surface area contributed by atoms with E-state index in [-0.39, 0.29) is 5.91 Å². The third-order valence-electron chi connectivity index (χ3n) is 6.21. The molecule has 5 heteroatoms. The second-order valence-corrected chi connectivity index (χ2v) is 8.76. The van der Waals surface area contributed by atoms with Crippen LogP contribution in [0.15, 0.2) is 48.5 Å². The predicted octanol–water partition coefficient (Wildman–Crippen LogP) is 6.90. The summed E-state index contributed by atoms with van der Waals surface area (Å²) in [5.41, 5.74) is 2.71. The number of methoxy groups -OCH3 is 1. The number of para-hydroxylation sites is 2. The number of carbonyl (C=O) groups excluding carboxylic acids is 1. The number of amides is 1. The molecule has 0 spiro atoms. The summed E-state index contributed by atoms with van der Waals surface area (Å²) >= 11 is 0. The highest BCUT2D eigenvalue weighted by Crippen LogP contribution is 2.19. The molecule has 0 radical (unpaired) electrons. The van der Waals surface area contributed by atoms with E-state index in [0.717, 1.165) is 29.8 Å². The summed E-state index contributed by atoms with van der Waals surface area (Å²) in [6, 6.07) is 15.4. The Morgan fingerprint density at radius 3 is 2.33 bits per heavy atom. The third-order valence-corrected chi connectivity index (χ3v) is 6.21. The predicted molar refractivity (Wildman–Crippen MR) is 136 cm³/mol. The first-order valence-electron chi connectivity index (χ1n) is 12.6. The van der Waals surface area contributed by atoms with Crippen molar-refractivity contribution in [3.05, 3.63) is 59.9 Å². The quantitative estimate of drug-likeness (QED) is 0.257. The fraction of sp³-hybridized carbons (Fsp3) is 0.500. The molecule has 3 aromatic rings. The monoisotopic (exact) mass is 449 g/mol. The lowest BCUT2D eigenvalue weighted by Gasteiger charge is -2.11. The first kappa shape index (κ1) is 24.8. The molecule has 33 heavy (non-hydrogen) atoms. The van der Waals surface area contributed by atoms with Gasteiger partial charge in [0.05, 0.1) is 24.7 Å². The van der Waals surface area contributed by atoms with Crippen molar-refractivity contribution in [3.63, 3.8) is 0 Å². The molecule has 0 aliphatic rings. The van der Waals surface area contributed by atoms with Gasteiger partial charge in [0, 0.05) is 12.1 Å². The van der Waals surface area contributed by atoms with Crippen LogP contribution >= 0.6 is 0 Å². The highest BCUT2D eigenvalue weighted by molar-refractivity contribution is 5.94. The van der Waals surface area contributed by atoms with Crippen molar-refractivity contribution >= 4 is 16.9 Å². The molecule has 178 valence electrons. The van der Waals surface area contributed by atoms with E-state index in [4.69, 9.17) is 9.72 Å². The van der Waals surface area contributed by atoms with Crippen molar-refractivity contribution in [1.29, 1.82) is 0 Å². The van der Waals surface area contributed by atoms with Crippen molar-refractivity contribution in [2.45, 2.75) is 84.2 Å². The van der Waals surface area contributed by atoms with Gasteiger partial charge in [-0.2, -0.15) is 0 Å². The maximum atomic E-state index is 12.7. The molecule has 5 nitrogen and oxygen atoms in total. The smallest absolute Gasteiger partial charge is 0.251 e. The Kier molecular flexibility index (Phi) is 10.3. The number of nitrogens with zero attached hydrogens (tertiary/aromatic N) is 2. The summed E-state index contributed by atoms with van der Waals surface area (Å²) in [7, 11) is 1.60. The van der Waals surface area contributed by atoms with Gasteiger partial charge in [-0.3, -0.25) is 4.79 Å². The summed E-state index contributed by atoms with van der Waals surface area (Å²) in [6.07, 6.45) is 13.2. The molecule has 2 aromatic carbocycles. The largest absolute Gasteiger partial charge is 0.497 e. The summed E-state index contributed by atoms with van der Waals surface area (Å²) < 4.78 is 7.50. The minimum Gasteiger partial charge on any atom is -0.497 e. The SMILES string of the molecule is CCCCCCCCCCCCn1c(CNC(=O)c2cccc(OC)c2)nc2ccccc21. The molecule has 0 unspecified atom stereocenters.